The minimum Gasteiger partial charge on any atom is -0.462 e. The van der Waals surface area contributed by atoms with Crippen LogP contribution in [0.1, 0.15) is 22.8 Å². The van der Waals surface area contributed by atoms with Crippen LogP contribution in [0.2, 0.25) is 0 Å². The van der Waals surface area contributed by atoms with Crippen LogP contribution in [0.3, 0.4) is 0 Å². The molecular formula is C20H16N2O3. The van der Waals surface area contributed by atoms with Crippen molar-refractivity contribution >= 4 is 17.6 Å². The van der Waals surface area contributed by atoms with E-state index in [2.05, 4.69) is 0 Å². The number of carbonyl (C=O) groups excluding carboxylic acids is 2. The predicted molar refractivity (Wildman–Crippen MR) is 93.1 cm³/mol. The number of carbonyl (C=O) groups is 2. The normalized spacial score (nSPS) is 14.8. The summed E-state index contributed by atoms with van der Waals surface area (Å²) in [6.07, 6.45) is 0. The number of amides is 1. The number of nitriles is 1. The van der Waals surface area contributed by atoms with Gasteiger partial charge in [0, 0.05) is 18.2 Å². The van der Waals surface area contributed by atoms with Crippen LogP contribution in [-0.2, 0) is 9.53 Å². The van der Waals surface area contributed by atoms with Gasteiger partial charge >= 0.3 is 5.97 Å². The van der Waals surface area contributed by atoms with E-state index in [4.69, 9.17) is 4.74 Å². The lowest BCUT2D eigenvalue weighted by Gasteiger charge is -2.13. The van der Waals surface area contributed by atoms with E-state index >= 15 is 0 Å². The number of hydrogen-bond acceptors (Lipinski definition) is 4. The molecule has 0 unspecified atom stereocenters. The average Bonchev–Trinajstić information content (AvgIpc) is 2.88. The highest BCUT2D eigenvalue weighted by molar-refractivity contribution is 6.15. The fourth-order valence-electron chi connectivity index (χ4n) is 2.90. The van der Waals surface area contributed by atoms with Gasteiger partial charge in [-0.25, -0.2) is 4.79 Å². The van der Waals surface area contributed by atoms with Gasteiger partial charge in [0.15, 0.2) is 5.57 Å². The summed E-state index contributed by atoms with van der Waals surface area (Å²) < 4.78 is 4.94. The summed E-state index contributed by atoms with van der Waals surface area (Å²) in [7, 11) is 1.55. The number of ether oxygens (including phenoxy) is 1. The summed E-state index contributed by atoms with van der Waals surface area (Å²) in [6, 6.07) is 17.0. The van der Waals surface area contributed by atoms with Crippen LogP contribution < -0.4 is 0 Å². The molecule has 0 N–H and O–H groups in total. The van der Waals surface area contributed by atoms with Gasteiger partial charge in [-0.05, 0) is 24.1 Å². The second-order valence-corrected chi connectivity index (χ2v) is 5.55. The third-order valence-electron chi connectivity index (χ3n) is 4.08. The molecule has 1 amide bonds. The molecule has 0 atom stereocenters. The second kappa shape index (κ2) is 6.62. The molecule has 0 saturated carbocycles. The van der Waals surface area contributed by atoms with Crippen LogP contribution in [0.5, 0.6) is 0 Å². The van der Waals surface area contributed by atoms with Gasteiger partial charge in [-0.15, -0.1) is 0 Å². The van der Waals surface area contributed by atoms with Gasteiger partial charge in [-0.2, -0.15) is 5.26 Å². The molecule has 124 valence electrons. The minimum atomic E-state index is -0.723. The first kappa shape index (κ1) is 16.5. The Morgan fingerprint density at radius 2 is 1.84 bits per heavy atom. The Bertz CT molecular complexity index is 924. The molecule has 0 aromatic heterocycles. The Hall–Kier alpha value is -3.39. The number of hydrogen-bond donors (Lipinski definition) is 0. The van der Waals surface area contributed by atoms with Gasteiger partial charge in [0.2, 0.25) is 0 Å². The predicted octanol–water partition coefficient (Wildman–Crippen LogP) is 3.24. The van der Waals surface area contributed by atoms with E-state index < -0.39 is 5.97 Å². The van der Waals surface area contributed by atoms with Crippen molar-refractivity contribution in [2.75, 3.05) is 13.7 Å². The Labute approximate surface area is 145 Å². The van der Waals surface area contributed by atoms with Gasteiger partial charge < -0.3 is 9.64 Å². The highest BCUT2D eigenvalue weighted by Gasteiger charge is 2.34. The molecule has 25 heavy (non-hydrogen) atoms. The molecule has 3 rings (SSSR count). The van der Waals surface area contributed by atoms with E-state index in [1.165, 1.54) is 4.90 Å². The molecule has 0 bridgehead atoms. The topological polar surface area (TPSA) is 70.4 Å². The molecule has 1 aliphatic rings. The maximum absolute atomic E-state index is 12.6. The van der Waals surface area contributed by atoms with E-state index in [1.807, 2.05) is 42.5 Å². The van der Waals surface area contributed by atoms with Crippen molar-refractivity contribution in [3.8, 4) is 17.2 Å². The zero-order valence-corrected chi connectivity index (χ0v) is 13.9. The molecule has 5 nitrogen and oxygen atoms in total. The molecule has 0 radical (unpaired) electrons. The lowest BCUT2D eigenvalue weighted by molar-refractivity contribution is -0.137. The summed E-state index contributed by atoms with van der Waals surface area (Å²) in [5.74, 6) is -0.973. The van der Waals surface area contributed by atoms with Crippen molar-refractivity contribution < 1.29 is 14.3 Å². The van der Waals surface area contributed by atoms with E-state index in [0.717, 1.165) is 11.1 Å². The van der Waals surface area contributed by atoms with Crippen molar-refractivity contribution in [2.24, 2.45) is 0 Å². The number of nitrogens with zero attached hydrogens (tertiary/aromatic N) is 2. The number of esters is 1. The summed E-state index contributed by atoms with van der Waals surface area (Å²) in [5.41, 5.74) is 3.05. The largest absolute Gasteiger partial charge is 0.462 e. The van der Waals surface area contributed by atoms with Crippen LogP contribution in [-0.4, -0.2) is 30.4 Å². The molecule has 1 aliphatic heterocycles. The quantitative estimate of drug-likeness (QED) is 0.491. The van der Waals surface area contributed by atoms with Gasteiger partial charge in [0.1, 0.15) is 6.07 Å². The lowest BCUT2D eigenvalue weighted by Crippen LogP contribution is -2.20. The summed E-state index contributed by atoms with van der Waals surface area (Å²) in [4.78, 5) is 26.0. The smallest absolute Gasteiger partial charge is 0.351 e. The standard InChI is InChI=1S/C20H16N2O3/c1-3-25-20(24)17(12-21)18-15-10-9-14(13-7-5-4-6-8-13)11-16(15)19(23)22(18)2/h4-11H,3H2,1-2H3/b18-17-. The van der Waals surface area contributed by atoms with Crippen molar-refractivity contribution in [2.45, 2.75) is 6.92 Å². The molecule has 5 heteroatoms. The third kappa shape index (κ3) is 2.79. The minimum absolute atomic E-state index is 0.161. The number of rotatable bonds is 3. The average molecular weight is 332 g/mol. The highest BCUT2D eigenvalue weighted by Crippen LogP contribution is 2.36. The third-order valence-corrected chi connectivity index (χ3v) is 4.08. The molecule has 2 aromatic carbocycles. The second-order valence-electron chi connectivity index (χ2n) is 5.55. The fourth-order valence-corrected chi connectivity index (χ4v) is 2.90. The van der Waals surface area contributed by atoms with Crippen LogP contribution in [0.25, 0.3) is 16.8 Å². The van der Waals surface area contributed by atoms with E-state index in [0.29, 0.717) is 16.8 Å². The lowest BCUT2D eigenvalue weighted by atomic mass is 9.98. The zero-order valence-electron chi connectivity index (χ0n) is 13.9. The first-order valence-electron chi connectivity index (χ1n) is 7.87. The summed E-state index contributed by atoms with van der Waals surface area (Å²) in [6.45, 7) is 1.83. The maximum Gasteiger partial charge on any atom is 0.351 e. The van der Waals surface area contributed by atoms with Crippen molar-refractivity contribution in [1.29, 1.82) is 5.26 Å². The first-order chi connectivity index (χ1) is 12.1. The Kier molecular flexibility index (Phi) is 4.36. The van der Waals surface area contributed by atoms with Crippen molar-refractivity contribution in [3.63, 3.8) is 0 Å². The Morgan fingerprint density at radius 1 is 1.12 bits per heavy atom. The highest BCUT2D eigenvalue weighted by atomic mass is 16.5. The number of benzene rings is 2. The summed E-state index contributed by atoms with van der Waals surface area (Å²) in [5, 5.41) is 9.40. The molecule has 0 aliphatic carbocycles. The van der Waals surface area contributed by atoms with Crippen molar-refractivity contribution in [3.05, 3.63) is 65.2 Å². The Balaban J connectivity index is 2.16. The van der Waals surface area contributed by atoms with Gasteiger partial charge in [0.05, 0.1) is 12.3 Å². The molecule has 0 saturated heterocycles. The summed E-state index contributed by atoms with van der Waals surface area (Å²) >= 11 is 0. The number of fused-ring (bicyclic) bond motifs is 1. The zero-order chi connectivity index (χ0) is 18.0. The van der Waals surface area contributed by atoms with E-state index in [9.17, 15) is 14.9 Å². The molecule has 0 fully saturated rings. The molecule has 1 heterocycles. The van der Waals surface area contributed by atoms with Crippen LogP contribution in [0.4, 0.5) is 0 Å². The van der Waals surface area contributed by atoms with E-state index in [-0.39, 0.29) is 18.1 Å². The Morgan fingerprint density at radius 3 is 2.48 bits per heavy atom. The molecular weight excluding hydrogens is 316 g/mol. The SMILES string of the molecule is CCOC(=O)/C(C#N)=C1/c2ccc(-c3ccccc3)cc2C(=O)N1C. The van der Waals surface area contributed by atoms with Crippen LogP contribution in [0, 0.1) is 11.3 Å². The maximum atomic E-state index is 12.6. The van der Waals surface area contributed by atoms with Crippen LogP contribution >= 0.6 is 0 Å². The van der Waals surface area contributed by atoms with Gasteiger partial charge in [-0.1, -0.05) is 42.5 Å². The monoisotopic (exact) mass is 332 g/mol. The molecule has 0 spiro atoms. The van der Waals surface area contributed by atoms with Gasteiger partial charge in [0.25, 0.3) is 5.91 Å². The van der Waals surface area contributed by atoms with E-state index in [1.54, 1.807) is 26.1 Å². The fraction of sp³-hybridized carbons (Fsp3) is 0.150. The van der Waals surface area contributed by atoms with Gasteiger partial charge in [-0.3, -0.25) is 4.79 Å². The van der Waals surface area contributed by atoms with Crippen LogP contribution in [0.15, 0.2) is 54.1 Å². The molecule has 2 aromatic rings. The van der Waals surface area contributed by atoms with Crippen molar-refractivity contribution in [1.82, 2.24) is 4.90 Å². The first-order valence-corrected chi connectivity index (χ1v) is 7.87.